The predicted molar refractivity (Wildman–Crippen MR) is 98.8 cm³/mol. The van der Waals surface area contributed by atoms with Gasteiger partial charge in [-0.1, -0.05) is 30.3 Å². The van der Waals surface area contributed by atoms with Crippen molar-refractivity contribution in [2.45, 2.75) is 62.9 Å². The molecule has 0 radical (unpaired) electrons. The minimum Gasteiger partial charge on any atom is -0.481 e. The van der Waals surface area contributed by atoms with Crippen molar-refractivity contribution in [3.63, 3.8) is 0 Å². The number of carbonyl (C=O) groups is 2. The topological polar surface area (TPSA) is 78.4 Å². The number of carboxylic acids is 1. The normalized spacial score (nSPS) is 31.8. The Kier molecular flexibility index (Phi) is 4.74. The molecule has 1 amide bonds. The molecule has 1 aromatic carbocycles. The van der Waals surface area contributed by atoms with Gasteiger partial charge in [-0.25, -0.2) is 0 Å². The fraction of sp³-hybridized carbons (Fsp3) is 0.619. The van der Waals surface area contributed by atoms with Crippen LogP contribution in [0.15, 0.2) is 30.3 Å². The third-order valence-corrected chi connectivity index (χ3v) is 6.47. The first kappa shape index (κ1) is 17.5. The SMILES string of the molecule is O=C(N[C@H]1CC[C@H](C(=O)O)CC1)C1(CNC2CC2c2ccccc2)CC1. The van der Waals surface area contributed by atoms with Gasteiger partial charge in [-0.3, -0.25) is 9.59 Å². The third kappa shape index (κ3) is 3.78. The molecule has 0 spiro atoms. The Balaban J connectivity index is 1.22. The summed E-state index contributed by atoms with van der Waals surface area (Å²) in [6, 6.07) is 11.2. The van der Waals surface area contributed by atoms with E-state index in [1.54, 1.807) is 0 Å². The number of aliphatic carboxylic acids is 1. The molecule has 2 unspecified atom stereocenters. The molecule has 0 saturated heterocycles. The smallest absolute Gasteiger partial charge is 0.306 e. The van der Waals surface area contributed by atoms with Gasteiger partial charge in [0, 0.05) is 24.5 Å². The van der Waals surface area contributed by atoms with E-state index in [1.165, 1.54) is 5.56 Å². The van der Waals surface area contributed by atoms with Crippen molar-refractivity contribution in [2.24, 2.45) is 11.3 Å². The summed E-state index contributed by atoms with van der Waals surface area (Å²) in [5.74, 6) is -0.179. The van der Waals surface area contributed by atoms with E-state index in [4.69, 9.17) is 5.11 Å². The summed E-state index contributed by atoms with van der Waals surface area (Å²) < 4.78 is 0. The van der Waals surface area contributed by atoms with E-state index in [-0.39, 0.29) is 23.3 Å². The third-order valence-electron chi connectivity index (χ3n) is 6.47. The number of carboxylic acid groups (broad SMARTS) is 1. The summed E-state index contributed by atoms with van der Waals surface area (Å²) in [5.41, 5.74) is 1.16. The second-order valence-corrected chi connectivity index (χ2v) is 8.38. The highest BCUT2D eigenvalue weighted by atomic mass is 16.4. The second kappa shape index (κ2) is 7.03. The van der Waals surface area contributed by atoms with E-state index in [9.17, 15) is 9.59 Å². The molecule has 0 aliphatic heterocycles. The number of carbonyl (C=O) groups excluding carboxylic acids is 1. The maximum absolute atomic E-state index is 12.7. The Hall–Kier alpha value is -1.88. The average molecular weight is 356 g/mol. The lowest BCUT2D eigenvalue weighted by molar-refractivity contribution is -0.142. The van der Waals surface area contributed by atoms with E-state index in [2.05, 4.69) is 34.9 Å². The van der Waals surface area contributed by atoms with Crippen LogP contribution < -0.4 is 10.6 Å². The van der Waals surface area contributed by atoms with E-state index < -0.39 is 5.97 Å². The van der Waals surface area contributed by atoms with Crippen molar-refractivity contribution in [1.82, 2.24) is 10.6 Å². The molecule has 3 aliphatic carbocycles. The lowest BCUT2D eigenvalue weighted by atomic mass is 9.86. The molecule has 5 nitrogen and oxygen atoms in total. The lowest BCUT2D eigenvalue weighted by Gasteiger charge is -2.28. The quantitative estimate of drug-likeness (QED) is 0.702. The van der Waals surface area contributed by atoms with Gasteiger partial charge in [-0.05, 0) is 50.5 Å². The van der Waals surface area contributed by atoms with Crippen LogP contribution in [0.5, 0.6) is 0 Å². The first-order valence-electron chi connectivity index (χ1n) is 9.89. The van der Waals surface area contributed by atoms with Gasteiger partial charge in [0.15, 0.2) is 0 Å². The fourth-order valence-corrected chi connectivity index (χ4v) is 4.27. The summed E-state index contributed by atoms with van der Waals surface area (Å²) >= 11 is 0. The molecule has 5 heteroatoms. The zero-order chi connectivity index (χ0) is 18.1. The van der Waals surface area contributed by atoms with Crippen LogP contribution in [0.2, 0.25) is 0 Å². The Morgan fingerprint density at radius 1 is 1.08 bits per heavy atom. The van der Waals surface area contributed by atoms with Crippen LogP contribution in [0, 0.1) is 11.3 Å². The molecule has 0 aromatic heterocycles. The standard InChI is InChI=1S/C21H28N2O3/c24-19(25)15-6-8-16(9-7-15)23-20(26)21(10-11-21)13-22-18-12-17(18)14-4-2-1-3-5-14/h1-5,15-18,22H,6-13H2,(H,23,26)(H,24,25)/t15-,16-,17?,18?. The van der Waals surface area contributed by atoms with Gasteiger partial charge < -0.3 is 15.7 Å². The number of hydrogen-bond acceptors (Lipinski definition) is 3. The predicted octanol–water partition coefficient (Wildman–Crippen LogP) is 2.67. The summed E-state index contributed by atoms with van der Waals surface area (Å²) in [7, 11) is 0. The minimum atomic E-state index is -0.699. The van der Waals surface area contributed by atoms with Gasteiger partial charge >= 0.3 is 5.97 Å². The number of amides is 1. The Morgan fingerprint density at radius 2 is 1.77 bits per heavy atom. The largest absolute Gasteiger partial charge is 0.481 e. The lowest BCUT2D eigenvalue weighted by Crippen LogP contribution is -2.45. The van der Waals surface area contributed by atoms with Gasteiger partial charge in [-0.15, -0.1) is 0 Å². The number of nitrogens with one attached hydrogen (secondary N) is 2. The zero-order valence-corrected chi connectivity index (χ0v) is 15.1. The number of benzene rings is 1. The highest BCUT2D eigenvalue weighted by Crippen LogP contribution is 2.47. The van der Waals surface area contributed by atoms with Crippen LogP contribution in [0.25, 0.3) is 0 Å². The van der Waals surface area contributed by atoms with Crippen LogP contribution >= 0.6 is 0 Å². The van der Waals surface area contributed by atoms with Crippen molar-refractivity contribution in [2.75, 3.05) is 6.54 Å². The van der Waals surface area contributed by atoms with Crippen molar-refractivity contribution in [1.29, 1.82) is 0 Å². The molecule has 3 fully saturated rings. The summed E-state index contributed by atoms with van der Waals surface area (Å²) in [5, 5.41) is 15.9. The first-order valence-corrected chi connectivity index (χ1v) is 9.89. The Morgan fingerprint density at radius 3 is 2.38 bits per heavy atom. The molecule has 2 atom stereocenters. The minimum absolute atomic E-state index is 0.147. The highest BCUT2D eigenvalue weighted by Gasteiger charge is 2.51. The molecule has 3 aliphatic rings. The number of rotatable bonds is 7. The molecular formula is C21H28N2O3. The van der Waals surface area contributed by atoms with Gasteiger partial charge in [-0.2, -0.15) is 0 Å². The molecule has 3 saturated carbocycles. The maximum atomic E-state index is 12.7. The summed E-state index contributed by atoms with van der Waals surface area (Å²) in [4.78, 5) is 23.8. The van der Waals surface area contributed by atoms with Crippen LogP contribution in [0.3, 0.4) is 0 Å². The van der Waals surface area contributed by atoms with E-state index in [1.807, 2.05) is 6.07 Å². The second-order valence-electron chi connectivity index (χ2n) is 8.38. The molecular weight excluding hydrogens is 328 g/mol. The van der Waals surface area contributed by atoms with E-state index >= 15 is 0 Å². The highest BCUT2D eigenvalue weighted by molar-refractivity contribution is 5.85. The summed E-state index contributed by atoms with van der Waals surface area (Å²) in [6.07, 6.45) is 5.98. The molecule has 0 bridgehead atoms. The van der Waals surface area contributed by atoms with Crippen molar-refractivity contribution in [3.05, 3.63) is 35.9 Å². The molecule has 1 aromatic rings. The molecule has 4 rings (SSSR count). The number of hydrogen-bond donors (Lipinski definition) is 3. The molecule has 3 N–H and O–H groups in total. The molecule has 26 heavy (non-hydrogen) atoms. The average Bonchev–Trinajstić information content (AvgIpc) is 3.56. The Bertz CT molecular complexity index is 663. The van der Waals surface area contributed by atoms with Gasteiger partial charge in [0.05, 0.1) is 11.3 Å². The summed E-state index contributed by atoms with van der Waals surface area (Å²) in [6.45, 7) is 0.761. The van der Waals surface area contributed by atoms with Crippen molar-refractivity contribution >= 4 is 11.9 Å². The van der Waals surface area contributed by atoms with Crippen LogP contribution in [-0.2, 0) is 9.59 Å². The van der Waals surface area contributed by atoms with Crippen molar-refractivity contribution in [3.8, 4) is 0 Å². The van der Waals surface area contributed by atoms with Gasteiger partial charge in [0.1, 0.15) is 0 Å². The fourth-order valence-electron chi connectivity index (χ4n) is 4.27. The Labute approximate surface area is 154 Å². The molecule has 140 valence electrons. The van der Waals surface area contributed by atoms with Crippen LogP contribution in [0.1, 0.15) is 56.4 Å². The zero-order valence-electron chi connectivity index (χ0n) is 15.1. The van der Waals surface area contributed by atoms with Gasteiger partial charge in [0.2, 0.25) is 5.91 Å². The molecule has 0 heterocycles. The van der Waals surface area contributed by atoms with Crippen molar-refractivity contribution < 1.29 is 14.7 Å². The first-order chi connectivity index (χ1) is 12.6. The van der Waals surface area contributed by atoms with Crippen LogP contribution in [-0.4, -0.2) is 35.6 Å². The maximum Gasteiger partial charge on any atom is 0.306 e. The van der Waals surface area contributed by atoms with Crippen LogP contribution in [0.4, 0.5) is 0 Å². The van der Waals surface area contributed by atoms with E-state index in [0.717, 1.165) is 38.6 Å². The van der Waals surface area contributed by atoms with E-state index in [0.29, 0.717) is 24.8 Å². The van der Waals surface area contributed by atoms with Gasteiger partial charge in [0.25, 0.3) is 0 Å². The monoisotopic (exact) mass is 356 g/mol.